The molecule has 0 N–H and O–H groups in total. The van der Waals surface area contributed by atoms with Crippen LogP contribution >= 0.6 is 0 Å². The molecule has 2 aromatic carbocycles. The number of alkyl halides is 3. The number of nitro benzene ring substituents is 1. The maximum Gasteiger partial charge on any atom is 0.416 e. The molecule has 10 heteroatoms. The van der Waals surface area contributed by atoms with Crippen LogP contribution in [0, 0.1) is 10.1 Å². The highest BCUT2D eigenvalue weighted by molar-refractivity contribution is 5.96. The van der Waals surface area contributed by atoms with Crippen LogP contribution in [0.1, 0.15) is 21.5 Å². The van der Waals surface area contributed by atoms with Gasteiger partial charge in [-0.2, -0.15) is 13.2 Å². The molecule has 1 heterocycles. The number of nitro groups is 1. The van der Waals surface area contributed by atoms with Gasteiger partial charge in [0.25, 0.3) is 5.69 Å². The van der Waals surface area contributed by atoms with Gasteiger partial charge in [0.2, 0.25) is 0 Å². The minimum atomic E-state index is -4.35. The first-order chi connectivity index (χ1) is 14.2. The minimum Gasteiger partial charge on any atom is -0.465 e. The van der Waals surface area contributed by atoms with E-state index in [0.29, 0.717) is 38.4 Å². The van der Waals surface area contributed by atoms with Gasteiger partial charge in [-0.25, -0.2) is 4.79 Å². The average molecular weight is 423 g/mol. The number of anilines is 1. The van der Waals surface area contributed by atoms with E-state index < -0.39 is 22.6 Å². The van der Waals surface area contributed by atoms with Crippen molar-refractivity contribution < 1.29 is 27.6 Å². The summed E-state index contributed by atoms with van der Waals surface area (Å²) in [6.45, 7) is 2.87. The van der Waals surface area contributed by atoms with Crippen molar-refractivity contribution in [1.82, 2.24) is 4.90 Å². The van der Waals surface area contributed by atoms with E-state index in [0.717, 1.165) is 17.7 Å². The predicted octanol–water partition coefficient (Wildman–Crippen LogP) is 3.72. The Labute approximate surface area is 170 Å². The Morgan fingerprint density at radius 1 is 1.10 bits per heavy atom. The van der Waals surface area contributed by atoms with E-state index in [2.05, 4.69) is 4.90 Å². The van der Waals surface area contributed by atoms with Gasteiger partial charge >= 0.3 is 12.1 Å². The van der Waals surface area contributed by atoms with Crippen molar-refractivity contribution in [1.29, 1.82) is 0 Å². The van der Waals surface area contributed by atoms with Crippen LogP contribution in [0.4, 0.5) is 24.5 Å². The van der Waals surface area contributed by atoms with Crippen LogP contribution < -0.4 is 4.90 Å². The second-order valence-corrected chi connectivity index (χ2v) is 6.91. The van der Waals surface area contributed by atoms with Gasteiger partial charge in [0.05, 0.1) is 28.8 Å². The number of methoxy groups -OCH3 is 1. The van der Waals surface area contributed by atoms with Gasteiger partial charge in [-0.3, -0.25) is 15.0 Å². The number of hydrogen-bond donors (Lipinski definition) is 0. The maximum absolute atomic E-state index is 12.7. The lowest BCUT2D eigenvalue weighted by molar-refractivity contribution is -0.384. The fourth-order valence-electron chi connectivity index (χ4n) is 3.39. The summed E-state index contributed by atoms with van der Waals surface area (Å²) in [6, 6.07) is 9.18. The molecule has 1 fully saturated rings. The molecule has 0 saturated carbocycles. The number of piperazine rings is 1. The zero-order chi connectivity index (χ0) is 21.9. The van der Waals surface area contributed by atoms with E-state index in [1.54, 1.807) is 0 Å². The normalized spacial score (nSPS) is 15.1. The SMILES string of the molecule is COC(=O)c1cc([N+](=O)[O-])ccc1N1CCN(Cc2ccc(C(F)(F)F)cc2)CC1. The first-order valence-corrected chi connectivity index (χ1v) is 9.19. The number of ether oxygens (including phenoxy) is 1. The second kappa shape index (κ2) is 8.70. The second-order valence-electron chi connectivity index (χ2n) is 6.91. The molecule has 1 aliphatic heterocycles. The zero-order valence-corrected chi connectivity index (χ0v) is 16.2. The number of halogens is 3. The van der Waals surface area contributed by atoms with Crippen molar-refractivity contribution in [2.24, 2.45) is 0 Å². The number of carbonyl (C=O) groups excluding carboxylic acids is 1. The van der Waals surface area contributed by atoms with E-state index >= 15 is 0 Å². The lowest BCUT2D eigenvalue weighted by atomic mass is 10.1. The van der Waals surface area contributed by atoms with E-state index in [9.17, 15) is 28.1 Å². The molecule has 0 aromatic heterocycles. The number of rotatable bonds is 5. The lowest BCUT2D eigenvalue weighted by Crippen LogP contribution is -2.46. The Bertz CT molecular complexity index is 924. The molecule has 0 spiro atoms. The summed E-state index contributed by atoms with van der Waals surface area (Å²) in [7, 11) is 1.22. The Morgan fingerprint density at radius 3 is 2.27 bits per heavy atom. The number of carbonyl (C=O) groups is 1. The van der Waals surface area contributed by atoms with Crippen LogP contribution in [0.5, 0.6) is 0 Å². The van der Waals surface area contributed by atoms with Gasteiger partial charge in [-0.15, -0.1) is 0 Å². The molecule has 160 valence electrons. The summed E-state index contributed by atoms with van der Waals surface area (Å²) in [5.41, 5.74) is 0.594. The summed E-state index contributed by atoms with van der Waals surface area (Å²) >= 11 is 0. The number of benzene rings is 2. The summed E-state index contributed by atoms with van der Waals surface area (Å²) in [6.07, 6.45) is -4.35. The van der Waals surface area contributed by atoms with E-state index in [4.69, 9.17) is 4.74 Å². The highest BCUT2D eigenvalue weighted by Gasteiger charge is 2.30. The standard InChI is InChI=1S/C20H20F3N3O4/c1-30-19(27)17-12-16(26(28)29)6-7-18(17)25-10-8-24(9-11-25)13-14-2-4-15(5-3-14)20(21,22)23/h2-7,12H,8-11,13H2,1H3. The molecule has 1 aliphatic rings. The summed E-state index contributed by atoms with van der Waals surface area (Å²) in [4.78, 5) is 26.6. The van der Waals surface area contributed by atoms with Crippen molar-refractivity contribution in [3.05, 3.63) is 69.3 Å². The third kappa shape index (κ3) is 4.88. The Balaban J connectivity index is 1.67. The Morgan fingerprint density at radius 2 is 1.73 bits per heavy atom. The minimum absolute atomic E-state index is 0.128. The van der Waals surface area contributed by atoms with Crippen LogP contribution in [-0.2, 0) is 17.5 Å². The quantitative estimate of drug-likeness (QED) is 0.415. The molecule has 30 heavy (non-hydrogen) atoms. The molecule has 7 nitrogen and oxygen atoms in total. The van der Waals surface area contributed by atoms with Crippen LogP contribution in [0.25, 0.3) is 0 Å². The first kappa shape index (κ1) is 21.6. The molecule has 2 aromatic rings. The summed E-state index contributed by atoms with van der Waals surface area (Å²) in [5, 5.41) is 11.0. The number of esters is 1. The number of non-ortho nitro benzene ring substituents is 1. The van der Waals surface area contributed by atoms with Crippen LogP contribution in [0.3, 0.4) is 0 Å². The molecule has 0 amide bonds. The van der Waals surface area contributed by atoms with Crippen LogP contribution in [-0.4, -0.2) is 49.1 Å². The highest BCUT2D eigenvalue weighted by atomic mass is 19.4. The third-order valence-corrected chi connectivity index (χ3v) is 5.00. The van der Waals surface area contributed by atoms with Crippen molar-refractivity contribution in [2.75, 3.05) is 38.2 Å². The number of hydrogen-bond acceptors (Lipinski definition) is 6. The summed E-state index contributed by atoms with van der Waals surface area (Å²) < 4.78 is 42.8. The molecule has 0 atom stereocenters. The Hall–Kier alpha value is -3.14. The van der Waals surface area contributed by atoms with Gasteiger partial charge in [0.15, 0.2) is 0 Å². The molecule has 3 rings (SSSR count). The fraction of sp³-hybridized carbons (Fsp3) is 0.350. The molecule has 0 bridgehead atoms. The van der Waals surface area contributed by atoms with E-state index in [-0.39, 0.29) is 11.3 Å². The van der Waals surface area contributed by atoms with Crippen molar-refractivity contribution >= 4 is 17.3 Å². The van der Waals surface area contributed by atoms with Gasteiger partial charge in [0.1, 0.15) is 0 Å². The number of nitrogens with zero attached hydrogens (tertiary/aromatic N) is 3. The fourth-order valence-corrected chi connectivity index (χ4v) is 3.39. The monoisotopic (exact) mass is 423 g/mol. The summed E-state index contributed by atoms with van der Waals surface area (Å²) in [5.74, 6) is -0.652. The van der Waals surface area contributed by atoms with Gasteiger partial charge in [-0.1, -0.05) is 12.1 Å². The van der Waals surface area contributed by atoms with Gasteiger partial charge in [0, 0.05) is 44.9 Å². The smallest absolute Gasteiger partial charge is 0.416 e. The first-order valence-electron chi connectivity index (χ1n) is 9.19. The molecular weight excluding hydrogens is 403 g/mol. The highest BCUT2D eigenvalue weighted by Crippen LogP contribution is 2.30. The van der Waals surface area contributed by atoms with Crippen molar-refractivity contribution in [3.63, 3.8) is 0 Å². The van der Waals surface area contributed by atoms with Gasteiger partial charge in [-0.05, 0) is 23.8 Å². The van der Waals surface area contributed by atoms with E-state index in [1.165, 1.54) is 37.4 Å². The molecule has 0 radical (unpaired) electrons. The largest absolute Gasteiger partial charge is 0.465 e. The Kier molecular flexibility index (Phi) is 6.25. The van der Waals surface area contributed by atoms with Gasteiger partial charge < -0.3 is 9.64 Å². The lowest BCUT2D eigenvalue weighted by Gasteiger charge is -2.36. The maximum atomic E-state index is 12.7. The molecule has 1 saturated heterocycles. The predicted molar refractivity (Wildman–Crippen MR) is 103 cm³/mol. The zero-order valence-electron chi connectivity index (χ0n) is 16.2. The topological polar surface area (TPSA) is 75.9 Å². The third-order valence-electron chi connectivity index (χ3n) is 5.00. The molecule has 0 unspecified atom stereocenters. The van der Waals surface area contributed by atoms with Crippen molar-refractivity contribution in [3.8, 4) is 0 Å². The van der Waals surface area contributed by atoms with E-state index in [1.807, 2.05) is 4.90 Å². The van der Waals surface area contributed by atoms with Crippen molar-refractivity contribution in [2.45, 2.75) is 12.7 Å². The van der Waals surface area contributed by atoms with Crippen LogP contribution in [0.15, 0.2) is 42.5 Å². The molecular formula is C20H20F3N3O4. The van der Waals surface area contributed by atoms with Crippen LogP contribution in [0.2, 0.25) is 0 Å². The average Bonchev–Trinajstić information content (AvgIpc) is 2.73. The molecule has 0 aliphatic carbocycles.